The number of anilines is 1. The van der Waals surface area contributed by atoms with Gasteiger partial charge in [-0.3, -0.25) is 24.0 Å². The molecule has 2 aromatic carbocycles. The maximum Gasteiger partial charge on any atom is 0.271 e. The predicted molar refractivity (Wildman–Crippen MR) is 125 cm³/mol. The topological polar surface area (TPSA) is 130 Å². The standard InChI is InChI=1S/C22H27FN4O6S/c1-5-24-22(29)16(3)25(13-17-8-6-7-9-19(17)23)21(28)14-26(34(4,32)33)20-12-18(27(30)31)11-10-15(20)2/h6-12,16H,5,13-14H2,1-4H3,(H,24,29)/t16-/m1/s1. The Hall–Kier alpha value is -3.54. The number of rotatable bonds is 10. The van der Waals surface area contributed by atoms with Gasteiger partial charge in [-0.1, -0.05) is 24.3 Å². The Bertz CT molecular complexity index is 1190. The van der Waals surface area contributed by atoms with Crippen LogP contribution < -0.4 is 9.62 Å². The predicted octanol–water partition coefficient (Wildman–Crippen LogP) is 2.36. The minimum absolute atomic E-state index is 0.0402. The molecule has 0 aliphatic heterocycles. The molecular weight excluding hydrogens is 467 g/mol. The highest BCUT2D eigenvalue weighted by Crippen LogP contribution is 2.28. The Balaban J connectivity index is 2.49. The molecule has 2 rings (SSSR count). The number of aryl methyl sites for hydroxylation is 1. The Labute approximate surface area is 197 Å². The Morgan fingerprint density at radius 2 is 1.85 bits per heavy atom. The summed E-state index contributed by atoms with van der Waals surface area (Å²) >= 11 is 0. The molecule has 0 saturated heterocycles. The third kappa shape index (κ3) is 6.50. The summed E-state index contributed by atoms with van der Waals surface area (Å²) in [5.41, 5.74) is 0.146. The van der Waals surface area contributed by atoms with Crippen LogP contribution in [0.15, 0.2) is 42.5 Å². The average molecular weight is 495 g/mol. The molecule has 10 nitrogen and oxygen atoms in total. The van der Waals surface area contributed by atoms with Gasteiger partial charge in [-0.15, -0.1) is 0 Å². The minimum atomic E-state index is -4.06. The lowest BCUT2D eigenvalue weighted by Gasteiger charge is -2.31. The fourth-order valence-electron chi connectivity index (χ4n) is 3.29. The van der Waals surface area contributed by atoms with Crippen LogP contribution in [0.2, 0.25) is 0 Å². The van der Waals surface area contributed by atoms with Gasteiger partial charge in [-0.05, 0) is 32.4 Å². The van der Waals surface area contributed by atoms with Gasteiger partial charge in [-0.25, -0.2) is 12.8 Å². The van der Waals surface area contributed by atoms with Crippen LogP contribution in [0.4, 0.5) is 15.8 Å². The molecule has 2 aromatic rings. The van der Waals surface area contributed by atoms with E-state index in [0.29, 0.717) is 12.1 Å². The summed E-state index contributed by atoms with van der Waals surface area (Å²) < 4.78 is 40.2. The van der Waals surface area contributed by atoms with Crippen LogP contribution >= 0.6 is 0 Å². The van der Waals surface area contributed by atoms with Crippen LogP contribution in [-0.4, -0.2) is 55.4 Å². The highest BCUT2D eigenvalue weighted by molar-refractivity contribution is 7.92. The van der Waals surface area contributed by atoms with Crippen molar-refractivity contribution in [1.82, 2.24) is 10.2 Å². The molecule has 0 bridgehead atoms. The molecule has 0 unspecified atom stereocenters. The van der Waals surface area contributed by atoms with Crippen molar-refractivity contribution in [3.63, 3.8) is 0 Å². The van der Waals surface area contributed by atoms with E-state index in [1.54, 1.807) is 19.9 Å². The summed E-state index contributed by atoms with van der Waals surface area (Å²) in [6.07, 6.45) is 0.868. The first-order chi connectivity index (χ1) is 15.9. The molecule has 1 N–H and O–H groups in total. The number of halogens is 1. The van der Waals surface area contributed by atoms with Crippen LogP contribution in [-0.2, 0) is 26.2 Å². The molecule has 0 radical (unpaired) electrons. The molecule has 0 aliphatic carbocycles. The smallest absolute Gasteiger partial charge is 0.271 e. The molecule has 0 aromatic heterocycles. The summed E-state index contributed by atoms with van der Waals surface area (Å²) in [6.45, 7) is 3.98. The number of carbonyl (C=O) groups excluding carboxylic acids is 2. The van der Waals surface area contributed by atoms with E-state index in [0.717, 1.165) is 21.5 Å². The zero-order valence-electron chi connectivity index (χ0n) is 19.3. The summed E-state index contributed by atoms with van der Waals surface area (Å²) in [4.78, 5) is 37.5. The number of sulfonamides is 1. The van der Waals surface area contributed by atoms with Crippen molar-refractivity contribution < 1.29 is 27.3 Å². The van der Waals surface area contributed by atoms with Crippen molar-refractivity contribution >= 4 is 33.2 Å². The van der Waals surface area contributed by atoms with Crippen LogP contribution in [0, 0.1) is 22.9 Å². The number of nitrogens with zero attached hydrogens (tertiary/aromatic N) is 3. The lowest BCUT2D eigenvalue weighted by atomic mass is 10.1. The monoisotopic (exact) mass is 494 g/mol. The Morgan fingerprint density at radius 1 is 1.21 bits per heavy atom. The largest absolute Gasteiger partial charge is 0.355 e. The van der Waals surface area contributed by atoms with E-state index in [9.17, 15) is 32.5 Å². The van der Waals surface area contributed by atoms with E-state index < -0.39 is 45.2 Å². The second kappa shape index (κ2) is 11.1. The molecule has 34 heavy (non-hydrogen) atoms. The van der Waals surface area contributed by atoms with Gasteiger partial charge in [-0.2, -0.15) is 0 Å². The highest BCUT2D eigenvalue weighted by atomic mass is 32.2. The molecule has 0 aliphatic rings. The van der Waals surface area contributed by atoms with Crippen molar-refractivity contribution in [2.75, 3.05) is 23.7 Å². The van der Waals surface area contributed by atoms with E-state index in [4.69, 9.17) is 0 Å². The van der Waals surface area contributed by atoms with Crippen molar-refractivity contribution in [2.45, 2.75) is 33.4 Å². The van der Waals surface area contributed by atoms with Crippen LogP contribution in [0.5, 0.6) is 0 Å². The number of nitro groups is 1. The van der Waals surface area contributed by atoms with Gasteiger partial charge in [0.15, 0.2) is 0 Å². The summed E-state index contributed by atoms with van der Waals surface area (Å²) in [6, 6.07) is 8.36. The van der Waals surface area contributed by atoms with Gasteiger partial charge < -0.3 is 10.2 Å². The zero-order chi connectivity index (χ0) is 25.6. The molecular formula is C22H27FN4O6S. The fourth-order valence-corrected chi connectivity index (χ4v) is 4.19. The second-order valence-electron chi connectivity index (χ2n) is 7.68. The molecule has 0 fully saturated rings. The fraction of sp³-hybridized carbons (Fsp3) is 0.364. The number of non-ortho nitro benzene ring substituents is 1. The van der Waals surface area contributed by atoms with Crippen LogP contribution in [0.1, 0.15) is 25.0 Å². The number of carbonyl (C=O) groups is 2. The first-order valence-corrected chi connectivity index (χ1v) is 12.2. The quantitative estimate of drug-likeness (QED) is 0.399. The van der Waals surface area contributed by atoms with Gasteiger partial charge in [0.05, 0.1) is 16.9 Å². The number of hydrogen-bond donors (Lipinski definition) is 1. The molecule has 12 heteroatoms. The summed E-state index contributed by atoms with van der Waals surface area (Å²) in [5.74, 6) is -1.86. The third-order valence-electron chi connectivity index (χ3n) is 5.17. The van der Waals surface area contributed by atoms with E-state index in [2.05, 4.69) is 5.32 Å². The number of amides is 2. The van der Waals surface area contributed by atoms with E-state index >= 15 is 0 Å². The highest BCUT2D eigenvalue weighted by Gasteiger charge is 2.31. The molecule has 2 amide bonds. The zero-order valence-corrected chi connectivity index (χ0v) is 20.1. The third-order valence-corrected chi connectivity index (χ3v) is 6.29. The second-order valence-corrected chi connectivity index (χ2v) is 9.59. The van der Waals surface area contributed by atoms with Gasteiger partial charge >= 0.3 is 0 Å². The number of benzene rings is 2. The Kier molecular flexibility index (Phi) is 8.68. The van der Waals surface area contributed by atoms with Gasteiger partial charge in [0, 0.05) is 30.8 Å². The number of nitrogens with one attached hydrogen (secondary N) is 1. The molecule has 0 spiro atoms. The first kappa shape index (κ1) is 26.7. The van der Waals surface area contributed by atoms with Crippen molar-refractivity contribution in [3.8, 4) is 0 Å². The minimum Gasteiger partial charge on any atom is -0.355 e. The Morgan fingerprint density at radius 3 is 2.41 bits per heavy atom. The van der Waals surface area contributed by atoms with Crippen molar-refractivity contribution in [1.29, 1.82) is 0 Å². The number of hydrogen-bond acceptors (Lipinski definition) is 6. The molecule has 0 heterocycles. The molecule has 0 saturated carbocycles. The van der Waals surface area contributed by atoms with Gasteiger partial charge in [0.2, 0.25) is 21.8 Å². The van der Waals surface area contributed by atoms with Gasteiger partial charge in [0.1, 0.15) is 18.4 Å². The molecule has 1 atom stereocenters. The maximum atomic E-state index is 14.3. The number of likely N-dealkylation sites (N-methyl/N-ethyl adjacent to an activating group) is 1. The summed E-state index contributed by atoms with van der Waals surface area (Å²) in [5, 5.41) is 13.8. The van der Waals surface area contributed by atoms with Crippen molar-refractivity contribution in [2.24, 2.45) is 0 Å². The van der Waals surface area contributed by atoms with Gasteiger partial charge in [0.25, 0.3) is 5.69 Å². The van der Waals surface area contributed by atoms with Crippen LogP contribution in [0.3, 0.4) is 0 Å². The van der Waals surface area contributed by atoms with Crippen molar-refractivity contribution in [3.05, 3.63) is 69.5 Å². The first-order valence-electron chi connectivity index (χ1n) is 10.4. The van der Waals surface area contributed by atoms with E-state index in [1.807, 2.05) is 0 Å². The normalized spacial score (nSPS) is 12.0. The average Bonchev–Trinajstić information content (AvgIpc) is 2.76. The number of nitro benzene ring substituents is 1. The summed E-state index contributed by atoms with van der Waals surface area (Å²) in [7, 11) is -4.06. The maximum absolute atomic E-state index is 14.3. The lowest BCUT2D eigenvalue weighted by molar-refractivity contribution is -0.384. The molecule has 184 valence electrons. The van der Waals surface area contributed by atoms with Crippen LogP contribution in [0.25, 0.3) is 0 Å². The SMILES string of the molecule is CCNC(=O)[C@@H](C)N(Cc1ccccc1F)C(=O)CN(c1cc([N+](=O)[O-])ccc1C)S(C)(=O)=O. The lowest BCUT2D eigenvalue weighted by Crippen LogP contribution is -2.51. The van der Waals surface area contributed by atoms with E-state index in [-0.39, 0.29) is 23.5 Å². The van der Waals surface area contributed by atoms with E-state index in [1.165, 1.54) is 37.3 Å².